The Morgan fingerprint density at radius 2 is 2.11 bits per heavy atom. The predicted molar refractivity (Wildman–Crippen MR) is 76.0 cm³/mol. The van der Waals surface area contributed by atoms with Gasteiger partial charge in [-0.15, -0.1) is 11.3 Å². The zero-order valence-electron chi connectivity index (χ0n) is 11.2. The maximum atomic E-state index is 12.5. The van der Waals surface area contributed by atoms with E-state index in [-0.39, 0.29) is 17.4 Å². The largest absolute Gasteiger partial charge is 0.344 e. The molecule has 0 aromatic carbocycles. The number of carbonyl (C=O) groups is 1. The van der Waals surface area contributed by atoms with Gasteiger partial charge < -0.3 is 10.6 Å². The second-order valence-electron chi connectivity index (χ2n) is 5.64. The first-order valence-corrected chi connectivity index (χ1v) is 8.11. The second kappa shape index (κ2) is 5.59. The first-order chi connectivity index (χ1) is 9.30. The summed E-state index contributed by atoms with van der Waals surface area (Å²) in [7, 11) is 0. The Bertz CT molecular complexity index is 420. The number of aromatic nitrogens is 1. The minimum atomic E-state index is -0.171. The molecule has 1 aromatic rings. The van der Waals surface area contributed by atoms with Crippen LogP contribution in [0.4, 0.5) is 0 Å². The van der Waals surface area contributed by atoms with Crippen LogP contribution >= 0.6 is 11.3 Å². The third kappa shape index (κ3) is 2.67. The first kappa shape index (κ1) is 13.1. The monoisotopic (exact) mass is 279 g/mol. The van der Waals surface area contributed by atoms with Crippen LogP contribution in [0.25, 0.3) is 0 Å². The minimum absolute atomic E-state index is 0.171. The number of amides is 1. The summed E-state index contributed by atoms with van der Waals surface area (Å²) in [6, 6.07) is 0. The molecule has 2 N–H and O–H groups in total. The van der Waals surface area contributed by atoms with Gasteiger partial charge in [0.1, 0.15) is 5.01 Å². The summed E-state index contributed by atoms with van der Waals surface area (Å²) in [6.45, 7) is 1.92. The molecule has 104 valence electrons. The van der Waals surface area contributed by atoms with Gasteiger partial charge in [-0.2, -0.15) is 0 Å². The van der Waals surface area contributed by atoms with E-state index < -0.39 is 0 Å². The number of carbonyl (C=O) groups excluding carboxylic acids is 1. The number of hydrogen-bond acceptors (Lipinski definition) is 4. The fourth-order valence-electron chi connectivity index (χ4n) is 3.25. The number of nitrogens with one attached hydrogen (secondary N) is 2. The van der Waals surface area contributed by atoms with Crippen LogP contribution in [0, 0.1) is 5.92 Å². The molecule has 2 aliphatic rings. The van der Waals surface area contributed by atoms with Crippen LogP contribution in [-0.4, -0.2) is 24.0 Å². The van der Waals surface area contributed by atoms with Gasteiger partial charge in [0.2, 0.25) is 5.91 Å². The zero-order valence-corrected chi connectivity index (χ0v) is 12.0. The summed E-state index contributed by atoms with van der Waals surface area (Å²) in [5, 5.41) is 9.75. The SMILES string of the molecule is O=C(NC1(c2nccs2)CCCC1)C1CCNCC1. The average molecular weight is 279 g/mol. The summed E-state index contributed by atoms with van der Waals surface area (Å²) in [6.07, 6.45) is 8.21. The third-order valence-corrected chi connectivity index (χ3v) is 5.35. The smallest absolute Gasteiger partial charge is 0.223 e. The number of thiazole rings is 1. The molecule has 0 radical (unpaired) electrons. The molecule has 0 unspecified atom stereocenters. The van der Waals surface area contributed by atoms with Crippen molar-refractivity contribution in [3.63, 3.8) is 0 Å². The molecule has 0 atom stereocenters. The number of rotatable bonds is 3. The van der Waals surface area contributed by atoms with E-state index in [9.17, 15) is 4.79 Å². The van der Waals surface area contributed by atoms with Crippen molar-refractivity contribution in [1.29, 1.82) is 0 Å². The summed E-state index contributed by atoms with van der Waals surface area (Å²) < 4.78 is 0. The van der Waals surface area contributed by atoms with E-state index in [2.05, 4.69) is 15.6 Å². The Hall–Kier alpha value is -0.940. The highest BCUT2D eigenvalue weighted by Crippen LogP contribution is 2.40. The van der Waals surface area contributed by atoms with Crippen molar-refractivity contribution in [2.24, 2.45) is 5.92 Å². The van der Waals surface area contributed by atoms with E-state index >= 15 is 0 Å². The molecule has 2 heterocycles. The van der Waals surface area contributed by atoms with Crippen molar-refractivity contribution in [3.8, 4) is 0 Å². The van der Waals surface area contributed by atoms with Crippen molar-refractivity contribution in [3.05, 3.63) is 16.6 Å². The van der Waals surface area contributed by atoms with Crippen molar-refractivity contribution in [2.45, 2.75) is 44.1 Å². The van der Waals surface area contributed by atoms with Crippen molar-refractivity contribution in [2.75, 3.05) is 13.1 Å². The van der Waals surface area contributed by atoms with Crippen molar-refractivity contribution < 1.29 is 4.79 Å². The quantitative estimate of drug-likeness (QED) is 0.890. The van der Waals surface area contributed by atoms with E-state index in [0.717, 1.165) is 43.8 Å². The predicted octanol–water partition coefficient (Wildman–Crippen LogP) is 2.03. The Labute approximate surface area is 118 Å². The van der Waals surface area contributed by atoms with Crippen molar-refractivity contribution >= 4 is 17.2 Å². The van der Waals surface area contributed by atoms with Crippen LogP contribution < -0.4 is 10.6 Å². The van der Waals surface area contributed by atoms with E-state index in [4.69, 9.17) is 0 Å². The Kier molecular flexibility index (Phi) is 3.84. The maximum Gasteiger partial charge on any atom is 0.223 e. The molecule has 2 fully saturated rings. The van der Waals surface area contributed by atoms with Gasteiger partial charge in [-0.3, -0.25) is 4.79 Å². The van der Waals surface area contributed by atoms with Crippen LogP contribution in [0.5, 0.6) is 0 Å². The molecule has 1 aliphatic heterocycles. The van der Waals surface area contributed by atoms with Gasteiger partial charge in [-0.1, -0.05) is 12.8 Å². The molecule has 3 rings (SSSR count). The van der Waals surface area contributed by atoms with Gasteiger partial charge in [-0.05, 0) is 38.8 Å². The van der Waals surface area contributed by atoms with Crippen LogP contribution in [0.15, 0.2) is 11.6 Å². The molecular weight excluding hydrogens is 258 g/mol. The first-order valence-electron chi connectivity index (χ1n) is 7.23. The molecule has 0 spiro atoms. The van der Waals surface area contributed by atoms with Gasteiger partial charge in [0, 0.05) is 17.5 Å². The van der Waals surface area contributed by atoms with Gasteiger partial charge >= 0.3 is 0 Å². The van der Waals surface area contributed by atoms with Crippen LogP contribution in [0.1, 0.15) is 43.5 Å². The molecule has 1 saturated heterocycles. The minimum Gasteiger partial charge on any atom is -0.344 e. The van der Waals surface area contributed by atoms with Crippen LogP contribution in [0.3, 0.4) is 0 Å². The lowest BCUT2D eigenvalue weighted by Crippen LogP contribution is -2.48. The standard InChI is InChI=1S/C14H21N3OS/c18-12(11-3-7-15-8-4-11)17-14(5-1-2-6-14)13-16-9-10-19-13/h9-11,15H,1-8H2,(H,17,18). The molecule has 1 amide bonds. The van der Waals surface area contributed by atoms with Crippen LogP contribution in [0.2, 0.25) is 0 Å². The van der Waals surface area contributed by atoms with Crippen molar-refractivity contribution in [1.82, 2.24) is 15.6 Å². The number of piperidine rings is 1. The fraction of sp³-hybridized carbons (Fsp3) is 0.714. The second-order valence-corrected chi connectivity index (χ2v) is 6.53. The van der Waals surface area contributed by atoms with E-state index in [1.807, 2.05) is 11.6 Å². The summed E-state index contributed by atoms with van der Waals surface area (Å²) in [5.74, 6) is 0.414. The highest BCUT2D eigenvalue weighted by atomic mass is 32.1. The molecular formula is C14H21N3OS. The topological polar surface area (TPSA) is 54.0 Å². The maximum absolute atomic E-state index is 12.5. The fourth-order valence-corrected chi connectivity index (χ4v) is 4.11. The lowest BCUT2D eigenvalue weighted by Gasteiger charge is -2.31. The van der Waals surface area contributed by atoms with Crippen LogP contribution in [-0.2, 0) is 10.3 Å². The van der Waals surface area contributed by atoms with Gasteiger partial charge in [0.25, 0.3) is 0 Å². The summed E-state index contributed by atoms with van der Waals surface area (Å²) in [5.41, 5.74) is -0.171. The lowest BCUT2D eigenvalue weighted by molar-refractivity contribution is -0.127. The Morgan fingerprint density at radius 1 is 1.37 bits per heavy atom. The summed E-state index contributed by atoms with van der Waals surface area (Å²) >= 11 is 1.67. The Balaban J connectivity index is 1.73. The van der Waals surface area contributed by atoms with E-state index in [1.54, 1.807) is 11.3 Å². The zero-order chi connectivity index (χ0) is 13.1. The van der Waals surface area contributed by atoms with Gasteiger partial charge in [0.05, 0.1) is 5.54 Å². The van der Waals surface area contributed by atoms with Gasteiger partial charge in [0.15, 0.2) is 0 Å². The molecule has 1 aromatic heterocycles. The number of nitrogens with zero attached hydrogens (tertiary/aromatic N) is 1. The molecule has 1 aliphatic carbocycles. The van der Waals surface area contributed by atoms with E-state index in [1.165, 1.54) is 12.8 Å². The Morgan fingerprint density at radius 3 is 2.74 bits per heavy atom. The third-order valence-electron chi connectivity index (χ3n) is 4.37. The van der Waals surface area contributed by atoms with E-state index in [0.29, 0.717) is 0 Å². The molecule has 5 heteroatoms. The molecule has 19 heavy (non-hydrogen) atoms. The normalized spacial score (nSPS) is 23.4. The van der Waals surface area contributed by atoms with Gasteiger partial charge in [-0.25, -0.2) is 4.98 Å². The average Bonchev–Trinajstić information content (AvgIpc) is 3.11. The number of hydrogen-bond donors (Lipinski definition) is 2. The molecule has 4 nitrogen and oxygen atoms in total. The highest BCUT2D eigenvalue weighted by Gasteiger charge is 2.40. The molecule has 1 saturated carbocycles. The lowest BCUT2D eigenvalue weighted by atomic mass is 9.93. The highest BCUT2D eigenvalue weighted by molar-refractivity contribution is 7.09. The molecule has 0 bridgehead atoms. The summed E-state index contributed by atoms with van der Waals surface area (Å²) in [4.78, 5) is 17.0.